The first-order valence-electron chi connectivity index (χ1n) is 7.18. The van der Waals surface area contributed by atoms with Crippen LogP contribution in [0.4, 0.5) is 4.79 Å². The van der Waals surface area contributed by atoms with Crippen LogP contribution in [-0.4, -0.2) is 27.4 Å². The van der Waals surface area contributed by atoms with E-state index in [2.05, 4.69) is 50.3 Å². The molecule has 0 saturated heterocycles. The Morgan fingerprint density at radius 3 is 2.86 bits per heavy atom. The zero-order chi connectivity index (χ0) is 15.5. The third-order valence-electron chi connectivity index (χ3n) is 3.83. The van der Waals surface area contributed by atoms with E-state index in [1.165, 1.54) is 23.0 Å². The van der Waals surface area contributed by atoms with Gasteiger partial charge in [-0.25, -0.2) is 14.8 Å². The van der Waals surface area contributed by atoms with Crippen molar-refractivity contribution in [1.82, 2.24) is 20.2 Å². The van der Waals surface area contributed by atoms with Crippen molar-refractivity contribution in [1.29, 1.82) is 0 Å². The molecule has 0 unspecified atom stereocenters. The van der Waals surface area contributed by atoms with Crippen LogP contribution in [0.25, 0.3) is 0 Å². The SMILES string of the molecule is Cc1ccc2c(c1Br)CN(C(=O)NCCc1cncnc1)C2. The molecule has 1 aromatic heterocycles. The lowest BCUT2D eigenvalue weighted by molar-refractivity contribution is 0.198. The molecule has 2 aromatic rings. The number of halogens is 1. The van der Waals surface area contributed by atoms with E-state index in [0.717, 1.165) is 16.5 Å². The number of hydrogen-bond donors (Lipinski definition) is 1. The maximum absolute atomic E-state index is 12.3. The predicted molar refractivity (Wildman–Crippen MR) is 87.3 cm³/mol. The Hall–Kier alpha value is -1.95. The van der Waals surface area contributed by atoms with E-state index >= 15 is 0 Å². The maximum atomic E-state index is 12.3. The second kappa shape index (κ2) is 6.44. The van der Waals surface area contributed by atoms with Crippen LogP contribution < -0.4 is 5.32 Å². The molecule has 6 heteroatoms. The van der Waals surface area contributed by atoms with Crippen LogP contribution in [0.3, 0.4) is 0 Å². The molecule has 1 aromatic carbocycles. The highest BCUT2D eigenvalue weighted by Gasteiger charge is 2.25. The number of urea groups is 1. The molecule has 1 aliphatic rings. The number of carbonyl (C=O) groups is 1. The number of nitrogens with zero attached hydrogens (tertiary/aromatic N) is 3. The summed E-state index contributed by atoms with van der Waals surface area (Å²) in [4.78, 5) is 22.0. The van der Waals surface area contributed by atoms with Gasteiger partial charge < -0.3 is 10.2 Å². The number of aryl methyl sites for hydroxylation is 1. The Morgan fingerprint density at radius 1 is 1.32 bits per heavy atom. The molecule has 0 radical (unpaired) electrons. The van der Waals surface area contributed by atoms with Crippen molar-refractivity contribution in [2.45, 2.75) is 26.4 Å². The highest BCUT2D eigenvalue weighted by atomic mass is 79.9. The number of amides is 2. The Balaban J connectivity index is 1.55. The number of aromatic nitrogens is 2. The first-order chi connectivity index (χ1) is 10.6. The van der Waals surface area contributed by atoms with Crippen LogP contribution in [-0.2, 0) is 19.5 Å². The fourth-order valence-electron chi connectivity index (χ4n) is 2.58. The van der Waals surface area contributed by atoms with Gasteiger partial charge in [-0.3, -0.25) is 0 Å². The van der Waals surface area contributed by atoms with Crippen molar-refractivity contribution in [3.8, 4) is 0 Å². The van der Waals surface area contributed by atoms with Gasteiger partial charge in [0.15, 0.2) is 0 Å². The molecule has 2 heterocycles. The van der Waals surface area contributed by atoms with Gasteiger partial charge in [-0.15, -0.1) is 0 Å². The molecule has 2 amide bonds. The number of hydrogen-bond acceptors (Lipinski definition) is 3. The molecule has 0 fully saturated rings. The Kier molecular flexibility index (Phi) is 4.38. The molecule has 22 heavy (non-hydrogen) atoms. The highest BCUT2D eigenvalue weighted by molar-refractivity contribution is 9.10. The minimum Gasteiger partial charge on any atom is -0.338 e. The minimum atomic E-state index is -0.0300. The third kappa shape index (κ3) is 3.11. The predicted octanol–water partition coefficient (Wildman–Crippen LogP) is 2.82. The zero-order valence-corrected chi connectivity index (χ0v) is 13.9. The average Bonchev–Trinajstić information content (AvgIpc) is 2.97. The number of fused-ring (bicyclic) bond motifs is 1. The van der Waals surface area contributed by atoms with Crippen LogP contribution in [0.2, 0.25) is 0 Å². The van der Waals surface area contributed by atoms with Crippen LogP contribution in [0.15, 0.2) is 35.3 Å². The number of carbonyl (C=O) groups excluding carboxylic acids is 1. The minimum absolute atomic E-state index is 0.0300. The Labute approximate surface area is 137 Å². The summed E-state index contributed by atoms with van der Waals surface area (Å²) in [5.41, 5.74) is 4.65. The molecule has 1 aliphatic heterocycles. The van der Waals surface area contributed by atoms with E-state index in [9.17, 15) is 4.79 Å². The lowest BCUT2D eigenvalue weighted by atomic mass is 10.1. The van der Waals surface area contributed by atoms with Gasteiger partial charge >= 0.3 is 6.03 Å². The summed E-state index contributed by atoms with van der Waals surface area (Å²) in [7, 11) is 0. The van der Waals surface area contributed by atoms with Crippen LogP contribution in [0.5, 0.6) is 0 Å². The molecule has 0 saturated carbocycles. The van der Waals surface area contributed by atoms with E-state index in [-0.39, 0.29) is 6.03 Å². The van der Waals surface area contributed by atoms with Gasteiger partial charge in [0, 0.05) is 36.5 Å². The summed E-state index contributed by atoms with van der Waals surface area (Å²) in [6.45, 7) is 3.96. The molecule has 114 valence electrons. The maximum Gasteiger partial charge on any atom is 0.318 e. The van der Waals surface area contributed by atoms with Gasteiger partial charge in [0.2, 0.25) is 0 Å². The van der Waals surface area contributed by atoms with Gasteiger partial charge in [0.05, 0.1) is 0 Å². The molecular weight excluding hydrogens is 344 g/mol. The second-order valence-electron chi connectivity index (χ2n) is 5.42. The van der Waals surface area contributed by atoms with Crippen molar-refractivity contribution in [3.05, 3.63) is 57.6 Å². The molecule has 5 nitrogen and oxygen atoms in total. The van der Waals surface area contributed by atoms with E-state index in [1.807, 2.05) is 4.90 Å². The normalized spacial score (nSPS) is 13.1. The van der Waals surface area contributed by atoms with Gasteiger partial charge in [-0.05, 0) is 35.6 Å². The van der Waals surface area contributed by atoms with Crippen molar-refractivity contribution in [2.75, 3.05) is 6.54 Å². The Morgan fingerprint density at radius 2 is 2.09 bits per heavy atom. The van der Waals surface area contributed by atoms with Crippen LogP contribution in [0, 0.1) is 6.92 Å². The summed E-state index contributed by atoms with van der Waals surface area (Å²) in [5, 5.41) is 2.96. The average molecular weight is 361 g/mol. The van der Waals surface area contributed by atoms with Crippen LogP contribution in [0.1, 0.15) is 22.3 Å². The molecule has 1 N–H and O–H groups in total. The summed E-state index contributed by atoms with van der Waals surface area (Å²) in [6.07, 6.45) is 5.77. The van der Waals surface area contributed by atoms with Crippen LogP contribution >= 0.6 is 15.9 Å². The Bertz CT molecular complexity index is 690. The summed E-state index contributed by atoms with van der Waals surface area (Å²) in [6, 6.07) is 4.15. The van der Waals surface area contributed by atoms with E-state index in [4.69, 9.17) is 0 Å². The van der Waals surface area contributed by atoms with Crippen molar-refractivity contribution in [2.24, 2.45) is 0 Å². The first-order valence-corrected chi connectivity index (χ1v) is 7.98. The first kappa shape index (κ1) is 15.0. The standard InChI is InChI=1S/C16H17BrN4O/c1-11-2-3-13-8-21(9-14(13)15(11)17)16(22)20-5-4-12-6-18-10-19-7-12/h2-3,6-7,10H,4-5,8-9H2,1H3,(H,20,22). The summed E-state index contributed by atoms with van der Waals surface area (Å²) < 4.78 is 1.11. The number of benzene rings is 1. The van der Waals surface area contributed by atoms with Crippen molar-refractivity contribution >= 4 is 22.0 Å². The fourth-order valence-corrected chi connectivity index (χ4v) is 3.09. The van der Waals surface area contributed by atoms with E-state index in [1.54, 1.807) is 12.4 Å². The largest absolute Gasteiger partial charge is 0.338 e. The summed E-state index contributed by atoms with van der Waals surface area (Å²) in [5.74, 6) is 0. The summed E-state index contributed by atoms with van der Waals surface area (Å²) >= 11 is 3.62. The molecule has 0 spiro atoms. The third-order valence-corrected chi connectivity index (χ3v) is 4.94. The van der Waals surface area contributed by atoms with E-state index in [0.29, 0.717) is 19.6 Å². The topological polar surface area (TPSA) is 58.1 Å². The van der Waals surface area contributed by atoms with Gasteiger partial charge in [0.25, 0.3) is 0 Å². The fraction of sp³-hybridized carbons (Fsp3) is 0.312. The molecule has 3 rings (SSSR count). The molecule has 0 bridgehead atoms. The molecule has 0 atom stereocenters. The quantitative estimate of drug-likeness (QED) is 0.915. The van der Waals surface area contributed by atoms with Gasteiger partial charge in [-0.2, -0.15) is 0 Å². The molecule has 0 aliphatic carbocycles. The smallest absolute Gasteiger partial charge is 0.318 e. The monoisotopic (exact) mass is 360 g/mol. The van der Waals surface area contributed by atoms with Gasteiger partial charge in [0.1, 0.15) is 6.33 Å². The number of rotatable bonds is 3. The van der Waals surface area contributed by atoms with E-state index < -0.39 is 0 Å². The molecular formula is C16H17BrN4O. The van der Waals surface area contributed by atoms with Crippen molar-refractivity contribution < 1.29 is 4.79 Å². The zero-order valence-electron chi connectivity index (χ0n) is 12.3. The number of nitrogens with one attached hydrogen (secondary N) is 1. The highest BCUT2D eigenvalue weighted by Crippen LogP contribution is 2.31. The van der Waals surface area contributed by atoms with Gasteiger partial charge in [-0.1, -0.05) is 28.1 Å². The lowest BCUT2D eigenvalue weighted by Crippen LogP contribution is -2.37. The second-order valence-corrected chi connectivity index (χ2v) is 6.21. The van der Waals surface area contributed by atoms with Crippen molar-refractivity contribution in [3.63, 3.8) is 0 Å². The lowest BCUT2D eigenvalue weighted by Gasteiger charge is -2.16.